The molecule has 7 rings (SSSR count). The summed E-state index contributed by atoms with van der Waals surface area (Å²) in [6, 6.07) is 24.0. The molecule has 41 heavy (non-hydrogen) atoms. The topological polar surface area (TPSA) is 91.5 Å². The Labute approximate surface area is 241 Å². The van der Waals surface area contributed by atoms with E-state index in [1.54, 1.807) is 35.1 Å². The van der Waals surface area contributed by atoms with Crippen LogP contribution in [-0.4, -0.2) is 20.0 Å². The number of rotatable bonds is 7. The van der Waals surface area contributed by atoms with Gasteiger partial charge in [-0.15, -0.1) is 5.10 Å². The number of fused-ring (bicyclic) bond motifs is 2. The first kappa shape index (κ1) is 23.9. The number of pyridine rings is 1. The fraction of sp³-hybridized carbons (Fsp3) is 0.125. The van der Waals surface area contributed by atoms with Crippen molar-refractivity contribution < 1.29 is 5.76 Å². The van der Waals surface area contributed by atoms with Gasteiger partial charge in [0.25, 0.3) is 0 Å². The number of hydrogen-bond acceptors (Lipinski definition) is 6. The molecule has 1 aliphatic carbocycles. The van der Waals surface area contributed by atoms with Gasteiger partial charge in [0.05, 0.1) is 41.4 Å². The Morgan fingerprint density at radius 3 is 2.66 bits per heavy atom. The fourth-order valence-electron chi connectivity index (χ4n) is 4.97. The molecular formula is C32H23ClFN7. The molecule has 0 unspecified atom stereocenters. The molecule has 9 heteroatoms. The molecule has 2 N–H and O–H groups in total. The largest absolute Gasteiger partial charge is 0.373 e. The number of hydrogen-bond donors (Lipinski definition) is 2. The van der Waals surface area contributed by atoms with Gasteiger partial charge in [-0.3, -0.25) is 4.98 Å². The van der Waals surface area contributed by atoms with Crippen LogP contribution in [0.25, 0.3) is 21.7 Å². The Morgan fingerprint density at radius 2 is 1.85 bits per heavy atom. The highest BCUT2D eigenvalue weighted by atomic mass is 35.5. The van der Waals surface area contributed by atoms with Crippen molar-refractivity contribution in [2.75, 3.05) is 10.6 Å². The van der Waals surface area contributed by atoms with Gasteiger partial charge in [-0.2, -0.15) is 5.26 Å². The highest BCUT2D eigenvalue weighted by Gasteiger charge is 2.27. The average molecular weight is 561 g/mol. The molecule has 0 bridgehead atoms. The van der Waals surface area contributed by atoms with Crippen molar-refractivity contribution in [1.82, 2.24) is 20.0 Å². The summed E-state index contributed by atoms with van der Waals surface area (Å²) in [5, 5.41) is 28.3. The van der Waals surface area contributed by atoms with Gasteiger partial charge in [-0.25, -0.2) is 9.07 Å². The molecule has 1 fully saturated rings. The summed E-state index contributed by atoms with van der Waals surface area (Å²) in [6.07, 6.45) is 5.28. The molecule has 0 amide bonds. The van der Waals surface area contributed by atoms with Crippen LogP contribution in [0, 0.1) is 17.1 Å². The molecule has 1 aliphatic rings. The first-order valence-electron chi connectivity index (χ1n) is 13.7. The summed E-state index contributed by atoms with van der Waals surface area (Å²) in [5.41, 5.74) is 3.53. The van der Waals surface area contributed by atoms with Crippen LogP contribution < -0.4 is 10.6 Å². The van der Waals surface area contributed by atoms with Gasteiger partial charge in [-0.1, -0.05) is 65.3 Å². The number of halogens is 2. The van der Waals surface area contributed by atoms with E-state index in [0.29, 0.717) is 44.1 Å². The zero-order chi connectivity index (χ0) is 28.8. The summed E-state index contributed by atoms with van der Waals surface area (Å²) in [6.45, 7) is 0. The predicted molar refractivity (Wildman–Crippen MR) is 159 cm³/mol. The van der Waals surface area contributed by atoms with Crippen LogP contribution in [0.2, 0.25) is 5.02 Å². The molecule has 0 spiro atoms. The monoisotopic (exact) mass is 560 g/mol. The van der Waals surface area contributed by atoms with Crippen LogP contribution in [0.4, 0.5) is 21.5 Å². The number of nitrogens with zero attached hydrogens (tertiary/aromatic N) is 5. The zero-order valence-corrected chi connectivity index (χ0v) is 22.4. The van der Waals surface area contributed by atoms with E-state index in [-0.39, 0.29) is 6.04 Å². The van der Waals surface area contributed by atoms with Crippen molar-refractivity contribution in [3.8, 4) is 6.07 Å². The number of nitriles is 1. The number of anilines is 3. The molecule has 2 heterocycles. The van der Waals surface area contributed by atoms with E-state index in [2.05, 4.69) is 32.0 Å². The molecule has 200 valence electrons. The Hall–Kier alpha value is -5.00. The molecule has 1 atom stereocenters. The van der Waals surface area contributed by atoms with Gasteiger partial charge in [-0.05, 0) is 54.1 Å². The summed E-state index contributed by atoms with van der Waals surface area (Å²) in [5.74, 6) is -0.407. The highest BCUT2D eigenvalue weighted by molar-refractivity contribution is 6.36. The molecule has 0 radical (unpaired) electrons. The van der Waals surface area contributed by atoms with Crippen LogP contribution in [0.3, 0.4) is 0 Å². The van der Waals surface area contributed by atoms with E-state index in [1.807, 2.05) is 42.5 Å². The van der Waals surface area contributed by atoms with Crippen LogP contribution in [0.15, 0.2) is 91.3 Å². The SMILES string of the molecule is [2H][C@](Nc1cc(Cl)c2ncc(C#N)c(Nc3cccc4ccccc34)c2c1)(c1ccc(F)cc1)c1cn(C2CC2)nn1. The Kier molecular flexibility index (Phi) is 5.93. The van der Waals surface area contributed by atoms with Crippen molar-refractivity contribution in [2.45, 2.75) is 24.9 Å². The molecule has 7 nitrogen and oxygen atoms in total. The normalized spacial score (nSPS) is 14.8. The minimum Gasteiger partial charge on any atom is -0.373 e. The minimum absolute atomic E-state index is 0.275. The van der Waals surface area contributed by atoms with Crippen LogP contribution in [-0.2, 0) is 0 Å². The van der Waals surface area contributed by atoms with Gasteiger partial charge in [0.2, 0.25) is 0 Å². The molecule has 1 saturated carbocycles. The third kappa shape index (κ3) is 4.81. The molecule has 0 saturated heterocycles. The average Bonchev–Trinajstić information content (AvgIpc) is 3.73. The smallest absolute Gasteiger partial charge is 0.123 e. The third-order valence-corrected chi connectivity index (χ3v) is 7.47. The van der Waals surface area contributed by atoms with Crippen molar-refractivity contribution >= 4 is 50.3 Å². The number of benzene rings is 4. The second-order valence-corrected chi connectivity index (χ2v) is 10.4. The maximum absolute atomic E-state index is 13.9. The number of aromatic nitrogens is 4. The minimum atomic E-state index is -1.62. The zero-order valence-electron chi connectivity index (χ0n) is 22.6. The second kappa shape index (κ2) is 10.2. The lowest BCUT2D eigenvalue weighted by Gasteiger charge is -2.20. The van der Waals surface area contributed by atoms with E-state index in [0.717, 1.165) is 29.3 Å². The van der Waals surface area contributed by atoms with Gasteiger partial charge >= 0.3 is 0 Å². The van der Waals surface area contributed by atoms with Crippen LogP contribution in [0.5, 0.6) is 0 Å². The molecule has 4 aromatic carbocycles. The number of nitrogens with one attached hydrogen (secondary N) is 2. The second-order valence-electron chi connectivity index (χ2n) is 9.99. The highest BCUT2D eigenvalue weighted by Crippen LogP contribution is 2.38. The van der Waals surface area contributed by atoms with Crippen molar-refractivity contribution in [3.05, 3.63) is 119 Å². The van der Waals surface area contributed by atoms with Crippen LogP contribution in [0.1, 0.15) is 43.1 Å². The lowest BCUT2D eigenvalue weighted by atomic mass is 10.0. The fourth-order valence-corrected chi connectivity index (χ4v) is 5.24. The van der Waals surface area contributed by atoms with Gasteiger partial charge in [0.1, 0.15) is 17.6 Å². The van der Waals surface area contributed by atoms with E-state index < -0.39 is 11.8 Å². The first-order valence-corrected chi connectivity index (χ1v) is 13.5. The summed E-state index contributed by atoms with van der Waals surface area (Å²) in [7, 11) is 0. The van der Waals surface area contributed by atoms with E-state index in [9.17, 15) is 11.0 Å². The standard InChI is InChI=1S/C32H23ClFN7/c33-27-15-23(37-31(20-8-10-22(34)11-9-20)29-18-41(40-39-29)24-12-13-24)14-26-30(21(16-35)17-36-32(26)27)38-28-7-3-5-19-4-1-2-6-25(19)28/h1-11,14-15,17-18,24,31,37H,12-13H2,(H,36,38)/t31-/m0/s1/i31D. The maximum Gasteiger partial charge on any atom is 0.123 e. The van der Waals surface area contributed by atoms with Gasteiger partial charge < -0.3 is 10.6 Å². The Morgan fingerprint density at radius 1 is 1.05 bits per heavy atom. The van der Waals surface area contributed by atoms with E-state index in [4.69, 9.17) is 11.6 Å². The molecule has 6 aromatic rings. The van der Waals surface area contributed by atoms with Crippen molar-refractivity contribution in [3.63, 3.8) is 0 Å². The van der Waals surface area contributed by atoms with Crippen molar-refractivity contribution in [2.24, 2.45) is 0 Å². The van der Waals surface area contributed by atoms with Crippen LogP contribution >= 0.6 is 11.6 Å². The maximum atomic E-state index is 13.9. The lowest BCUT2D eigenvalue weighted by molar-refractivity contribution is 0.610. The summed E-state index contributed by atoms with van der Waals surface area (Å²) >= 11 is 6.77. The molecular weight excluding hydrogens is 537 g/mol. The van der Waals surface area contributed by atoms with E-state index in [1.165, 1.54) is 18.3 Å². The summed E-state index contributed by atoms with van der Waals surface area (Å²) < 4.78 is 25.2. The first-order chi connectivity index (χ1) is 20.4. The third-order valence-electron chi connectivity index (χ3n) is 7.18. The van der Waals surface area contributed by atoms with E-state index >= 15 is 0 Å². The quantitative estimate of drug-likeness (QED) is 0.206. The lowest BCUT2D eigenvalue weighted by Crippen LogP contribution is -2.13. The molecule has 0 aliphatic heterocycles. The molecule has 2 aromatic heterocycles. The van der Waals surface area contributed by atoms with Gasteiger partial charge in [0.15, 0.2) is 0 Å². The Balaban J connectivity index is 1.36. The van der Waals surface area contributed by atoms with Gasteiger partial charge in [0, 0.05) is 28.3 Å². The predicted octanol–water partition coefficient (Wildman–Crippen LogP) is 7.92. The Bertz CT molecular complexity index is 2010. The van der Waals surface area contributed by atoms with Crippen molar-refractivity contribution in [1.29, 1.82) is 5.26 Å². The summed E-state index contributed by atoms with van der Waals surface area (Å²) in [4.78, 5) is 4.47.